The van der Waals surface area contributed by atoms with Gasteiger partial charge in [-0.15, -0.1) is 0 Å². The Labute approximate surface area is 118 Å². The van der Waals surface area contributed by atoms with E-state index < -0.39 is 17.3 Å². The van der Waals surface area contributed by atoms with Gasteiger partial charge in [0.2, 0.25) is 0 Å². The van der Waals surface area contributed by atoms with Crippen LogP contribution in [0.5, 0.6) is 0 Å². The molecule has 0 aliphatic carbocycles. The number of hydrogen-bond acceptors (Lipinski definition) is 2. The Kier molecular flexibility index (Phi) is 4.93. The normalized spacial score (nSPS) is 13.6. The van der Waals surface area contributed by atoms with Gasteiger partial charge in [0.25, 0.3) is 0 Å². The zero-order valence-electron chi connectivity index (χ0n) is 11.6. The minimum Gasteiger partial charge on any atom is -0.480 e. The SMILES string of the molecule is CCN(C(C)c1ccc(F)cc1Cl)C(C)(C)C(=O)O. The summed E-state index contributed by atoms with van der Waals surface area (Å²) in [6.07, 6.45) is 0. The van der Waals surface area contributed by atoms with Crippen LogP contribution in [0.15, 0.2) is 18.2 Å². The summed E-state index contributed by atoms with van der Waals surface area (Å²) in [6.45, 7) is 7.60. The zero-order valence-corrected chi connectivity index (χ0v) is 12.3. The first-order valence-corrected chi connectivity index (χ1v) is 6.54. The highest BCUT2D eigenvalue weighted by Gasteiger charge is 2.37. The molecule has 0 fully saturated rings. The van der Waals surface area contributed by atoms with Crippen molar-refractivity contribution in [3.05, 3.63) is 34.6 Å². The fourth-order valence-electron chi connectivity index (χ4n) is 2.28. The van der Waals surface area contributed by atoms with Gasteiger partial charge in [0, 0.05) is 11.1 Å². The summed E-state index contributed by atoms with van der Waals surface area (Å²) in [6, 6.07) is 3.96. The number of carbonyl (C=O) groups is 1. The number of aliphatic carboxylic acids is 1. The van der Waals surface area contributed by atoms with E-state index in [9.17, 15) is 14.3 Å². The summed E-state index contributed by atoms with van der Waals surface area (Å²) in [5, 5.41) is 9.63. The van der Waals surface area contributed by atoms with Gasteiger partial charge < -0.3 is 5.11 Å². The number of carboxylic acids is 1. The van der Waals surface area contributed by atoms with Crippen molar-refractivity contribution in [3.63, 3.8) is 0 Å². The maximum absolute atomic E-state index is 13.1. The molecule has 0 aliphatic rings. The number of carboxylic acid groups (broad SMARTS) is 1. The van der Waals surface area contributed by atoms with E-state index in [2.05, 4.69) is 0 Å². The van der Waals surface area contributed by atoms with Gasteiger partial charge in [-0.3, -0.25) is 9.69 Å². The summed E-state index contributed by atoms with van der Waals surface area (Å²) in [5.74, 6) is -1.30. The van der Waals surface area contributed by atoms with Crippen LogP contribution in [0.25, 0.3) is 0 Å². The van der Waals surface area contributed by atoms with Crippen LogP contribution >= 0.6 is 11.6 Å². The van der Waals surface area contributed by atoms with Crippen LogP contribution in [0.2, 0.25) is 5.02 Å². The van der Waals surface area contributed by atoms with Crippen LogP contribution < -0.4 is 0 Å². The third kappa shape index (κ3) is 3.25. The number of nitrogens with zero attached hydrogens (tertiary/aromatic N) is 1. The molecule has 1 aromatic carbocycles. The monoisotopic (exact) mass is 287 g/mol. The predicted octanol–water partition coefficient (Wildman–Crippen LogP) is 3.73. The van der Waals surface area contributed by atoms with Gasteiger partial charge in [0.15, 0.2) is 0 Å². The van der Waals surface area contributed by atoms with Crippen molar-refractivity contribution in [1.82, 2.24) is 4.90 Å². The first-order chi connectivity index (χ1) is 8.71. The smallest absolute Gasteiger partial charge is 0.323 e. The lowest BCUT2D eigenvalue weighted by Gasteiger charge is -2.39. The Balaban J connectivity index is 3.15. The molecule has 1 unspecified atom stereocenters. The van der Waals surface area contributed by atoms with Gasteiger partial charge in [-0.1, -0.05) is 24.6 Å². The molecule has 0 spiro atoms. The van der Waals surface area contributed by atoms with Gasteiger partial charge in [-0.25, -0.2) is 4.39 Å². The minimum atomic E-state index is -1.02. The standard InChI is InChI=1S/C14H19ClFNO2/c1-5-17(14(3,4)13(18)19)9(2)11-7-6-10(16)8-12(11)15/h6-9H,5H2,1-4H3,(H,18,19). The first kappa shape index (κ1) is 15.9. The number of benzene rings is 1. The summed E-state index contributed by atoms with van der Waals surface area (Å²) >= 11 is 6.04. The highest BCUT2D eigenvalue weighted by atomic mass is 35.5. The molecule has 1 N–H and O–H groups in total. The average Bonchev–Trinajstić information content (AvgIpc) is 2.28. The maximum atomic E-state index is 13.1. The van der Waals surface area contributed by atoms with Crippen LogP contribution in [0.4, 0.5) is 4.39 Å². The average molecular weight is 288 g/mol. The highest BCUT2D eigenvalue weighted by Crippen LogP contribution is 2.32. The van der Waals surface area contributed by atoms with E-state index in [1.54, 1.807) is 19.9 Å². The van der Waals surface area contributed by atoms with Gasteiger partial charge in [-0.2, -0.15) is 0 Å². The van der Waals surface area contributed by atoms with Crippen molar-refractivity contribution in [2.24, 2.45) is 0 Å². The zero-order chi connectivity index (χ0) is 14.8. The molecule has 5 heteroatoms. The molecule has 1 atom stereocenters. The fraction of sp³-hybridized carbons (Fsp3) is 0.500. The molecule has 0 bridgehead atoms. The number of halogens is 2. The maximum Gasteiger partial charge on any atom is 0.323 e. The molecule has 0 amide bonds. The summed E-state index contributed by atoms with van der Waals surface area (Å²) in [5.41, 5.74) is -0.300. The van der Waals surface area contributed by atoms with E-state index in [0.29, 0.717) is 11.6 Å². The second-order valence-corrected chi connectivity index (χ2v) is 5.40. The predicted molar refractivity (Wildman–Crippen MR) is 73.9 cm³/mol. The fourth-order valence-corrected chi connectivity index (χ4v) is 2.61. The largest absolute Gasteiger partial charge is 0.480 e. The number of likely N-dealkylation sites (N-methyl/N-ethyl adjacent to an activating group) is 1. The molecule has 19 heavy (non-hydrogen) atoms. The molecular weight excluding hydrogens is 269 g/mol. The Morgan fingerprint density at radius 1 is 1.53 bits per heavy atom. The summed E-state index contributed by atoms with van der Waals surface area (Å²) in [7, 11) is 0. The van der Waals surface area contributed by atoms with Gasteiger partial charge >= 0.3 is 5.97 Å². The molecule has 0 heterocycles. The third-order valence-electron chi connectivity index (χ3n) is 3.46. The molecular formula is C14H19ClFNO2. The lowest BCUT2D eigenvalue weighted by molar-refractivity contribution is -0.150. The second-order valence-electron chi connectivity index (χ2n) is 4.99. The van der Waals surface area contributed by atoms with E-state index >= 15 is 0 Å². The molecule has 0 saturated carbocycles. The van der Waals surface area contributed by atoms with Crippen molar-refractivity contribution in [3.8, 4) is 0 Å². The Bertz CT molecular complexity index is 477. The van der Waals surface area contributed by atoms with Crippen LogP contribution in [0.1, 0.15) is 39.3 Å². The lowest BCUT2D eigenvalue weighted by Crippen LogP contribution is -2.51. The quantitative estimate of drug-likeness (QED) is 0.897. The van der Waals surface area contributed by atoms with E-state index in [0.717, 1.165) is 5.56 Å². The topological polar surface area (TPSA) is 40.5 Å². The number of hydrogen-bond donors (Lipinski definition) is 1. The van der Waals surface area contributed by atoms with Gasteiger partial charge in [0.1, 0.15) is 11.4 Å². The number of rotatable bonds is 5. The van der Waals surface area contributed by atoms with Crippen molar-refractivity contribution in [2.75, 3.05) is 6.54 Å². The van der Waals surface area contributed by atoms with Gasteiger partial charge in [-0.05, 0) is 45.0 Å². The lowest BCUT2D eigenvalue weighted by atomic mass is 9.97. The second kappa shape index (κ2) is 5.88. The van der Waals surface area contributed by atoms with E-state index in [1.807, 2.05) is 18.7 Å². The van der Waals surface area contributed by atoms with Crippen LogP contribution in [-0.4, -0.2) is 28.1 Å². The van der Waals surface area contributed by atoms with Crippen molar-refractivity contribution >= 4 is 17.6 Å². The molecule has 0 aliphatic heterocycles. The molecule has 3 nitrogen and oxygen atoms in total. The van der Waals surface area contributed by atoms with Crippen LogP contribution in [0.3, 0.4) is 0 Å². The molecule has 1 aromatic rings. The van der Waals surface area contributed by atoms with Crippen molar-refractivity contribution < 1.29 is 14.3 Å². The minimum absolute atomic E-state index is 0.218. The van der Waals surface area contributed by atoms with Crippen molar-refractivity contribution in [1.29, 1.82) is 0 Å². The molecule has 1 rings (SSSR count). The van der Waals surface area contributed by atoms with Crippen LogP contribution in [0, 0.1) is 5.82 Å². The Hall–Kier alpha value is -1.13. The van der Waals surface area contributed by atoms with E-state index in [-0.39, 0.29) is 6.04 Å². The Morgan fingerprint density at radius 2 is 2.11 bits per heavy atom. The first-order valence-electron chi connectivity index (χ1n) is 6.16. The third-order valence-corrected chi connectivity index (χ3v) is 3.79. The molecule has 106 valence electrons. The van der Waals surface area contributed by atoms with Crippen molar-refractivity contribution in [2.45, 2.75) is 39.3 Å². The molecule has 0 radical (unpaired) electrons. The summed E-state index contributed by atoms with van der Waals surface area (Å²) < 4.78 is 13.1. The molecule has 0 aromatic heterocycles. The highest BCUT2D eigenvalue weighted by molar-refractivity contribution is 6.31. The van der Waals surface area contributed by atoms with E-state index in [1.165, 1.54) is 12.1 Å². The van der Waals surface area contributed by atoms with E-state index in [4.69, 9.17) is 11.6 Å². The van der Waals surface area contributed by atoms with Crippen LogP contribution in [-0.2, 0) is 4.79 Å². The summed E-state index contributed by atoms with van der Waals surface area (Å²) in [4.78, 5) is 13.2. The van der Waals surface area contributed by atoms with Gasteiger partial charge in [0.05, 0.1) is 0 Å². The molecule has 0 saturated heterocycles. The Morgan fingerprint density at radius 3 is 2.53 bits per heavy atom.